The van der Waals surface area contributed by atoms with E-state index < -0.39 is 0 Å². The van der Waals surface area contributed by atoms with Gasteiger partial charge in [-0.15, -0.1) is 0 Å². The molecule has 1 unspecified atom stereocenters. The fourth-order valence-corrected chi connectivity index (χ4v) is 2.95. The van der Waals surface area contributed by atoms with Crippen LogP contribution in [0.15, 0.2) is 54.7 Å². The van der Waals surface area contributed by atoms with Crippen molar-refractivity contribution < 1.29 is 19.0 Å². The predicted molar refractivity (Wildman–Crippen MR) is 95.8 cm³/mol. The molecule has 134 valence electrons. The van der Waals surface area contributed by atoms with Gasteiger partial charge in [0.05, 0.1) is 25.4 Å². The molecule has 1 saturated heterocycles. The molecule has 0 saturated carbocycles. The molecule has 0 radical (unpaired) electrons. The highest BCUT2D eigenvalue weighted by atomic mass is 16.5. The van der Waals surface area contributed by atoms with Crippen LogP contribution in [0.1, 0.15) is 0 Å². The van der Waals surface area contributed by atoms with Crippen molar-refractivity contribution in [3.05, 3.63) is 54.7 Å². The normalized spacial score (nSPS) is 17.5. The molecule has 0 spiro atoms. The Kier molecular flexibility index (Phi) is 4.45. The van der Waals surface area contributed by atoms with Crippen LogP contribution in [0.2, 0.25) is 0 Å². The van der Waals surface area contributed by atoms with Crippen molar-refractivity contribution in [2.24, 2.45) is 0 Å². The average Bonchev–Trinajstić information content (AvgIpc) is 3.17. The predicted octanol–water partition coefficient (Wildman–Crippen LogP) is 2.15. The Balaban J connectivity index is 1.44. The van der Waals surface area contributed by atoms with E-state index >= 15 is 0 Å². The molecule has 1 aliphatic heterocycles. The first-order valence-corrected chi connectivity index (χ1v) is 8.36. The number of carbonyl (C=O) groups is 1. The highest BCUT2D eigenvalue weighted by molar-refractivity contribution is 5.95. The van der Waals surface area contributed by atoms with E-state index in [-0.39, 0.29) is 18.6 Å². The van der Waals surface area contributed by atoms with Gasteiger partial charge in [0.25, 0.3) is 5.91 Å². The Morgan fingerprint density at radius 2 is 2.04 bits per heavy atom. The van der Waals surface area contributed by atoms with Crippen LogP contribution in [0.3, 0.4) is 0 Å². The minimum absolute atomic E-state index is 0.0338. The lowest BCUT2D eigenvalue weighted by Gasteiger charge is -2.32. The summed E-state index contributed by atoms with van der Waals surface area (Å²) in [6.45, 7) is 0.797. The van der Waals surface area contributed by atoms with Crippen molar-refractivity contribution in [3.8, 4) is 11.6 Å². The third kappa shape index (κ3) is 3.21. The van der Waals surface area contributed by atoms with E-state index in [1.807, 2.05) is 48.5 Å². The lowest BCUT2D eigenvalue weighted by Crippen LogP contribution is -2.48. The molecule has 1 atom stereocenters. The molecular weight excluding hydrogens is 334 g/mol. The first-order chi connectivity index (χ1) is 12.7. The van der Waals surface area contributed by atoms with E-state index in [0.717, 1.165) is 17.0 Å². The van der Waals surface area contributed by atoms with Gasteiger partial charge in [0.1, 0.15) is 25.1 Å². The van der Waals surface area contributed by atoms with Crippen molar-refractivity contribution in [1.82, 2.24) is 9.61 Å². The number of pyridine rings is 1. The van der Waals surface area contributed by atoms with Gasteiger partial charge >= 0.3 is 0 Å². The highest BCUT2D eigenvalue weighted by Gasteiger charge is 2.28. The quantitative estimate of drug-likeness (QED) is 0.703. The molecule has 1 aromatic carbocycles. The van der Waals surface area contributed by atoms with Crippen molar-refractivity contribution in [3.63, 3.8) is 0 Å². The molecule has 3 heterocycles. The van der Waals surface area contributed by atoms with Crippen LogP contribution in [-0.4, -0.2) is 48.5 Å². The lowest BCUT2D eigenvalue weighted by molar-refractivity contribution is -0.130. The Hall–Kier alpha value is -3.06. The van der Waals surface area contributed by atoms with E-state index in [9.17, 15) is 4.79 Å². The molecule has 3 aromatic rings. The number of carbonyl (C=O) groups excluding carboxylic acids is 1. The summed E-state index contributed by atoms with van der Waals surface area (Å²) in [6.07, 6.45) is 1.50. The maximum absolute atomic E-state index is 12.2. The van der Waals surface area contributed by atoms with Crippen LogP contribution in [-0.2, 0) is 9.53 Å². The third-order valence-corrected chi connectivity index (χ3v) is 4.32. The van der Waals surface area contributed by atoms with E-state index in [1.165, 1.54) is 0 Å². The Bertz CT molecular complexity index is 907. The summed E-state index contributed by atoms with van der Waals surface area (Å²) >= 11 is 0. The molecule has 7 heteroatoms. The molecule has 0 bridgehead atoms. The number of amides is 1. The van der Waals surface area contributed by atoms with Gasteiger partial charge in [-0.1, -0.05) is 6.07 Å². The summed E-state index contributed by atoms with van der Waals surface area (Å²) in [6, 6.07) is 15.0. The summed E-state index contributed by atoms with van der Waals surface area (Å²) in [7, 11) is 1.61. The number of morpholine rings is 1. The van der Waals surface area contributed by atoms with Gasteiger partial charge in [0, 0.05) is 11.8 Å². The van der Waals surface area contributed by atoms with Crippen LogP contribution in [0.5, 0.6) is 11.6 Å². The maximum atomic E-state index is 12.2. The second-order valence-corrected chi connectivity index (χ2v) is 5.98. The fraction of sp³-hybridized carbons (Fsp3) is 0.263. The number of hydrogen-bond acceptors (Lipinski definition) is 5. The molecule has 2 aromatic heterocycles. The van der Waals surface area contributed by atoms with E-state index in [4.69, 9.17) is 14.2 Å². The maximum Gasteiger partial charge on any atom is 0.253 e. The molecule has 7 nitrogen and oxygen atoms in total. The number of hydrogen-bond donors (Lipinski definition) is 0. The smallest absolute Gasteiger partial charge is 0.253 e. The van der Waals surface area contributed by atoms with Crippen molar-refractivity contribution >= 4 is 17.1 Å². The van der Waals surface area contributed by atoms with Crippen molar-refractivity contribution in [2.45, 2.75) is 6.10 Å². The van der Waals surface area contributed by atoms with Gasteiger partial charge < -0.3 is 19.1 Å². The molecule has 1 fully saturated rings. The topological polar surface area (TPSA) is 65.3 Å². The first-order valence-electron chi connectivity index (χ1n) is 8.36. The SMILES string of the molecule is COc1ccc(N2CC(COc3cccc4ccnn34)OCC2=O)cc1. The number of benzene rings is 1. The number of ether oxygens (including phenoxy) is 3. The zero-order valence-corrected chi connectivity index (χ0v) is 14.4. The average molecular weight is 353 g/mol. The van der Waals surface area contributed by atoms with E-state index in [0.29, 0.717) is 19.0 Å². The van der Waals surface area contributed by atoms with Crippen molar-refractivity contribution in [1.29, 1.82) is 0 Å². The monoisotopic (exact) mass is 353 g/mol. The molecule has 0 aliphatic carbocycles. The van der Waals surface area contributed by atoms with Crippen LogP contribution in [0.4, 0.5) is 5.69 Å². The number of fused-ring (bicyclic) bond motifs is 1. The first kappa shape index (κ1) is 16.4. The summed E-state index contributed by atoms with van der Waals surface area (Å²) in [5.74, 6) is 1.33. The molecular formula is C19H19N3O4. The van der Waals surface area contributed by atoms with Gasteiger partial charge in [-0.3, -0.25) is 4.79 Å². The minimum Gasteiger partial charge on any atom is -0.497 e. The zero-order chi connectivity index (χ0) is 17.9. The number of anilines is 1. The van der Waals surface area contributed by atoms with Crippen molar-refractivity contribution in [2.75, 3.05) is 31.8 Å². The summed E-state index contributed by atoms with van der Waals surface area (Å²) < 4.78 is 18.4. The molecule has 26 heavy (non-hydrogen) atoms. The Morgan fingerprint density at radius 3 is 2.85 bits per heavy atom. The number of nitrogens with zero attached hydrogens (tertiary/aromatic N) is 3. The van der Waals surface area contributed by atoms with E-state index in [2.05, 4.69) is 5.10 Å². The van der Waals surface area contributed by atoms with Crippen LogP contribution >= 0.6 is 0 Å². The summed E-state index contributed by atoms with van der Waals surface area (Å²) in [5.41, 5.74) is 1.78. The highest BCUT2D eigenvalue weighted by Crippen LogP contribution is 2.22. The second-order valence-electron chi connectivity index (χ2n) is 5.98. The fourth-order valence-electron chi connectivity index (χ4n) is 2.95. The van der Waals surface area contributed by atoms with Gasteiger partial charge in [-0.2, -0.15) is 5.10 Å². The number of aromatic nitrogens is 2. The number of rotatable bonds is 5. The van der Waals surface area contributed by atoms with Gasteiger partial charge in [-0.25, -0.2) is 4.52 Å². The molecule has 4 rings (SSSR count). The lowest BCUT2D eigenvalue weighted by atomic mass is 10.2. The summed E-state index contributed by atoms with van der Waals surface area (Å²) in [5, 5.41) is 4.25. The number of methoxy groups -OCH3 is 1. The Labute approximate surface area is 150 Å². The van der Waals surface area contributed by atoms with E-state index in [1.54, 1.807) is 22.7 Å². The molecule has 1 aliphatic rings. The summed E-state index contributed by atoms with van der Waals surface area (Å²) in [4.78, 5) is 13.9. The van der Waals surface area contributed by atoms with Crippen LogP contribution in [0.25, 0.3) is 5.52 Å². The minimum atomic E-state index is -0.222. The van der Waals surface area contributed by atoms with Gasteiger partial charge in [0.15, 0.2) is 0 Å². The van der Waals surface area contributed by atoms with Crippen LogP contribution < -0.4 is 14.4 Å². The van der Waals surface area contributed by atoms with Crippen LogP contribution in [0, 0.1) is 0 Å². The third-order valence-electron chi connectivity index (χ3n) is 4.32. The zero-order valence-electron chi connectivity index (χ0n) is 14.4. The van der Waals surface area contributed by atoms with Gasteiger partial charge in [-0.05, 0) is 36.4 Å². The largest absolute Gasteiger partial charge is 0.497 e. The molecule has 0 N–H and O–H groups in total. The Morgan fingerprint density at radius 1 is 1.19 bits per heavy atom. The second kappa shape index (κ2) is 7.05. The molecule has 1 amide bonds. The van der Waals surface area contributed by atoms with Gasteiger partial charge in [0.2, 0.25) is 5.88 Å². The standard InChI is InChI=1S/C19H19N3O4/c1-24-16-7-5-14(6-8-16)21-11-17(25-13-18(21)23)12-26-19-4-2-3-15-9-10-20-22(15)19/h2-10,17H,11-13H2,1H3.